The minimum atomic E-state index is -1.10. The molecular formula is C55H64N7O4+. The van der Waals surface area contributed by atoms with Gasteiger partial charge >= 0.3 is 5.97 Å². The Morgan fingerprint density at radius 1 is 0.924 bits per heavy atom. The van der Waals surface area contributed by atoms with Crippen LogP contribution >= 0.6 is 0 Å². The molecule has 0 saturated carbocycles. The van der Waals surface area contributed by atoms with Crippen molar-refractivity contribution in [1.82, 2.24) is 10.6 Å². The number of ether oxygens (including phenoxy) is 1. The van der Waals surface area contributed by atoms with Gasteiger partial charge in [-0.1, -0.05) is 70.4 Å². The van der Waals surface area contributed by atoms with Crippen LogP contribution in [0.4, 0.5) is 5.69 Å². The van der Waals surface area contributed by atoms with Crippen LogP contribution in [0.15, 0.2) is 162 Å². The average Bonchev–Trinajstić information content (AvgIpc) is 4.05. The zero-order valence-corrected chi connectivity index (χ0v) is 39.5. The first-order valence-electron chi connectivity index (χ1n) is 23.7. The van der Waals surface area contributed by atoms with Gasteiger partial charge in [0, 0.05) is 72.5 Å². The Morgan fingerprint density at radius 2 is 1.62 bits per heavy atom. The Bertz CT molecular complexity index is 2810. The highest BCUT2D eigenvalue weighted by molar-refractivity contribution is 6.24. The lowest BCUT2D eigenvalue weighted by molar-refractivity contribution is -0.677. The SMILES string of the molecule is C=CC1=C(C)C2=NC1=CC1=NC(=CC3=C(C)C4=C(O)[C@H](C(=O)OC)C(=C5NC(=C2)C(=C)[C@@H]5CCC(=O)NCCCCCCCCCC[n+]2c(C)cc(N)c5ccccc52)C4=N3)C(CC)=C1C. The molecule has 2 aromatic rings. The van der Waals surface area contributed by atoms with Gasteiger partial charge in [-0.05, 0) is 98.6 Å². The third-order valence-corrected chi connectivity index (χ3v) is 14.1. The molecule has 1 saturated heterocycles. The second-order valence-electron chi connectivity index (χ2n) is 18.2. The van der Waals surface area contributed by atoms with E-state index in [2.05, 4.69) is 73.4 Å². The van der Waals surface area contributed by atoms with E-state index in [0.29, 0.717) is 46.9 Å². The molecule has 1 aromatic carbocycles. The van der Waals surface area contributed by atoms with Crippen molar-refractivity contribution >= 4 is 45.6 Å². The number of anilines is 1. The number of hydrogen-bond acceptors (Lipinski definition) is 9. The van der Waals surface area contributed by atoms with E-state index < -0.39 is 11.9 Å². The van der Waals surface area contributed by atoms with E-state index in [1.165, 1.54) is 44.0 Å². The molecule has 1 amide bonds. The number of fused-ring (bicyclic) bond motifs is 6. The number of aryl methyl sites for hydroxylation is 2. The molecule has 5 N–H and O–H groups in total. The first kappa shape index (κ1) is 45.9. The summed E-state index contributed by atoms with van der Waals surface area (Å²) in [6.45, 7) is 20.5. The minimum Gasteiger partial charge on any atom is -0.510 e. The first-order valence-corrected chi connectivity index (χ1v) is 23.7. The van der Waals surface area contributed by atoms with Crippen molar-refractivity contribution < 1.29 is 24.0 Å². The summed E-state index contributed by atoms with van der Waals surface area (Å²) >= 11 is 0. The number of amides is 1. The number of aliphatic imine (C=N–C) groups is 3. The fourth-order valence-corrected chi connectivity index (χ4v) is 10.3. The standard InChI is InChI=1S/C55H63N7O4/c1-9-36-32(4)41-28-43-34(6)38(23-24-48(63)57-25-19-15-13-11-12-14-16-20-26-62-31(3)27-40(56)39-21-17-18-22-47(39)62)52(60-43)50-51(55(65)66-8)54(64)49-35(7)44(61-53(49)50)30-46-37(10-2)33(5)42(59-46)29-45(36)58-41/h9,17-18,21-22,27-30,38,51,56H,1,6,10-16,19-20,23-26H2,2-5,7-8H3,(H3,57,58,59,60,61,63,64)/p+1/t38-,51+/m0/s1. The molecule has 11 nitrogen and oxygen atoms in total. The number of esters is 1. The molecule has 66 heavy (non-hydrogen) atoms. The van der Waals surface area contributed by atoms with E-state index in [1.54, 1.807) is 0 Å². The van der Waals surface area contributed by atoms with Crippen LogP contribution in [0.1, 0.15) is 104 Å². The number of benzene rings is 1. The summed E-state index contributed by atoms with van der Waals surface area (Å²) in [5.74, 6) is -2.23. The van der Waals surface area contributed by atoms with Crippen molar-refractivity contribution in [3.05, 3.63) is 152 Å². The molecular weight excluding hydrogens is 823 g/mol. The van der Waals surface area contributed by atoms with E-state index in [9.17, 15) is 14.7 Å². The van der Waals surface area contributed by atoms with Gasteiger partial charge in [-0.3, -0.25) is 9.59 Å². The highest BCUT2D eigenvalue weighted by atomic mass is 16.5. The molecule has 11 heteroatoms. The molecule has 0 unspecified atom stereocenters. The summed E-state index contributed by atoms with van der Waals surface area (Å²) < 4.78 is 7.69. The van der Waals surface area contributed by atoms with Crippen molar-refractivity contribution in [2.75, 3.05) is 19.4 Å². The first-order chi connectivity index (χ1) is 31.9. The number of methoxy groups -OCH3 is 1. The minimum absolute atomic E-state index is 0.0390. The number of allylic oxidation sites excluding steroid dienone is 11. The lowest BCUT2D eigenvalue weighted by Crippen LogP contribution is -2.38. The lowest BCUT2D eigenvalue weighted by Gasteiger charge is -2.19. The fraction of sp³-hybridized carbons (Fsp3) is 0.382. The number of aromatic nitrogens is 1. The predicted molar refractivity (Wildman–Crippen MR) is 266 cm³/mol. The van der Waals surface area contributed by atoms with Crippen LogP contribution < -0.4 is 20.9 Å². The Labute approximate surface area is 389 Å². The number of rotatable bonds is 17. The Hall–Kier alpha value is -6.62. The van der Waals surface area contributed by atoms with E-state index in [1.807, 2.05) is 44.2 Å². The lowest BCUT2D eigenvalue weighted by atomic mass is 9.87. The topological polar surface area (TPSA) is 155 Å². The molecule has 1 aliphatic carbocycles. The number of aliphatic hydroxyl groups is 1. The molecule has 6 aliphatic rings. The quantitative estimate of drug-likeness (QED) is 0.0705. The van der Waals surface area contributed by atoms with Crippen LogP contribution in [0.3, 0.4) is 0 Å². The maximum atomic E-state index is 13.6. The number of pyridine rings is 1. The number of nitrogens with one attached hydrogen (secondary N) is 2. The average molecular weight is 887 g/mol. The number of carbonyl (C=O) groups is 2. The Kier molecular flexibility index (Phi) is 13.5. The van der Waals surface area contributed by atoms with E-state index in [-0.39, 0.29) is 24.0 Å². The summed E-state index contributed by atoms with van der Waals surface area (Å²) in [7, 11) is 1.32. The number of nitrogens with zero attached hydrogens (tertiary/aromatic N) is 4. The summed E-state index contributed by atoms with van der Waals surface area (Å²) in [6.07, 6.45) is 18.3. The van der Waals surface area contributed by atoms with Crippen LogP contribution in [0.2, 0.25) is 0 Å². The van der Waals surface area contributed by atoms with E-state index in [4.69, 9.17) is 25.4 Å². The molecule has 1 aromatic heterocycles. The third kappa shape index (κ3) is 8.63. The Morgan fingerprint density at radius 3 is 2.35 bits per heavy atom. The van der Waals surface area contributed by atoms with Crippen molar-refractivity contribution in [2.45, 2.75) is 112 Å². The summed E-state index contributed by atoms with van der Waals surface area (Å²) in [5, 5.41) is 19.8. The van der Waals surface area contributed by atoms with Gasteiger partial charge in [0.2, 0.25) is 11.4 Å². The third-order valence-electron chi connectivity index (χ3n) is 14.1. The highest BCUT2D eigenvalue weighted by Crippen LogP contribution is 2.49. The predicted octanol–water partition coefficient (Wildman–Crippen LogP) is 10.2. The molecule has 6 heterocycles. The van der Waals surface area contributed by atoms with Gasteiger partial charge in [0.25, 0.3) is 0 Å². The maximum Gasteiger partial charge on any atom is 0.321 e. The van der Waals surface area contributed by atoms with Gasteiger partial charge < -0.3 is 26.2 Å². The number of unbranched alkanes of at least 4 members (excludes halogenated alkanes) is 7. The van der Waals surface area contributed by atoms with Crippen molar-refractivity contribution in [3.63, 3.8) is 0 Å². The summed E-state index contributed by atoms with van der Waals surface area (Å²) in [6, 6.07) is 10.4. The van der Waals surface area contributed by atoms with Gasteiger partial charge in [0.1, 0.15) is 18.2 Å². The largest absolute Gasteiger partial charge is 0.510 e. The van der Waals surface area contributed by atoms with Gasteiger partial charge in [0.15, 0.2) is 5.69 Å². The van der Waals surface area contributed by atoms with Gasteiger partial charge in [0.05, 0.1) is 52.4 Å². The summed E-state index contributed by atoms with van der Waals surface area (Å²) in [4.78, 5) is 42.4. The number of aliphatic hydroxyl groups excluding tert-OH is 1. The molecule has 8 bridgehead atoms. The van der Waals surface area contributed by atoms with Gasteiger partial charge in [-0.2, -0.15) is 4.57 Å². The van der Waals surface area contributed by atoms with Crippen molar-refractivity contribution in [3.8, 4) is 0 Å². The van der Waals surface area contributed by atoms with Crippen LogP contribution in [-0.4, -0.2) is 47.8 Å². The smallest absolute Gasteiger partial charge is 0.321 e. The van der Waals surface area contributed by atoms with Crippen molar-refractivity contribution in [1.29, 1.82) is 0 Å². The normalized spacial score (nSPS) is 19.9. The van der Waals surface area contributed by atoms with E-state index >= 15 is 0 Å². The second kappa shape index (κ2) is 19.5. The monoisotopic (exact) mass is 887 g/mol. The fourth-order valence-electron chi connectivity index (χ4n) is 10.3. The zero-order chi connectivity index (χ0) is 46.8. The number of hydrogen-bond donors (Lipinski definition) is 4. The summed E-state index contributed by atoms with van der Waals surface area (Å²) in [5.41, 5.74) is 21.8. The number of nitrogens with two attached hydrogens (primary N) is 1. The van der Waals surface area contributed by atoms with Crippen LogP contribution in [0.25, 0.3) is 10.9 Å². The number of nitrogen functional groups attached to an aromatic ring is 1. The molecule has 0 radical (unpaired) electrons. The molecule has 5 aliphatic heterocycles. The van der Waals surface area contributed by atoms with Crippen molar-refractivity contribution in [2.24, 2.45) is 26.8 Å². The molecule has 8 rings (SSSR count). The second-order valence-corrected chi connectivity index (χ2v) is 18.2. The number of carbonyl (C=O) groups excluding carboxylic acids is 2. The molecule has 1 fully saturated rings. The van der Waals surface area contributed by atoms with E-state index in [0.717, 1.165) is 106 Å². The maximum absolute atomic E-state index is 13.6. The van der Waals surface area contributed by atoms with Gasteiger partial charge in [-0.15, -0.1) is 0 Å². The number of para-hydroxylation sites is 1. The Balaban J connectivity index is 0.935. The zero-order valence-electron chi connectivity index (χ0n) is 39.5. The van der Waals surface area contributed by atoms with Gasteiger partial charge in [-0.25, -0.2) is 15.0 Å². The van der Waals surface area contributed by atoms with Crippen LogP contribution in [-0.2, 0) is 20.9 Å². The van der Waals surface area contributed by atoms with Crippen LogP contribution in [0, 0.1) is 18.8 Å². The highest BCUT2D eigenvalue weighted by Gasteiger charge is 2.48. The molecule has 2 atom stereocenters. The molecule has 0 spiro atoms. The van der Waals surface area contributed by atoms with Crippen LogP contribution in [0.5, 0.6) is 0 Å². The molecule has 342 valence electrons.